The fourth-order valence-corrected chi connectivity index (χ4v) is 3.74. The van der Waals surface area contributed by atoms with Crippen molar-refractivity contribution >= 4 is 0 Å². The van der Waals surface area contributed by atoms with Crippen molar-refractivity contribution in [2.75, 3.05) is 19.6 Å². The van der Waals surface area contributed by atoms with E-state index in [1.165, 1.54) is 31.6 Å². The molecule has 3 rings (SSSR count). The summed E-state index contributed by atoms with van der Waals surface area (Å²) in [5, 5.41) is 3.54. The zero-order valence-electron chi connectivity index (χ0n) is 10.7. The van der Waals surface area contributed by atoms with Crippen LogP contribution in [0, 0.1) is 11.8 Å². The van der Waals surface area contributed by atoms with Crippen LogP contribution in [-0.2, 0) is 0 Å². The van der Waals surface area contributed by atoms with E-state index in [0.717, 1.165) is 17.9 Å². The number of nitrogens with zero attached hydrogens (tertiary/aromatic N) is 1. The number of hydrogen-bond donors (Lipinski definition) is 1. The van der Waals surface area contributed by atoms with Gasteiger partial charge in [-0.2, -0.15) is 0 Å². The van der Waals surface area contributed by atoms with E-state index < -0.39 is 0 Å². The number of hydrogen-bond acceptors (Lipinski definition) is 3. The molecule has 94 valence electrons. The second-order valence-electron chi connectivity index (χ2n) is 5.49. The first-order valence-corrected chi connectivity index (χ1v) is 6.79. The van der Waals surface area contributed by atoms with Crippen LogP contribution in [0.3, 0.4) is 0 Å². The van der Waals surface area contributed by atoms with Crippen LogP contribution in [-0.4, -0.2) is 30.6 Å². The lowest BCUT2D eigenvalue weighted by Gasteiger charge is -2.31. The summed E-state index contributed by atoms with van der Waals surface area (Å²) in [6.45, 7) is 8.28. The van der Waals surface area contributed by atoms with E-state index in [1.807, 2.05) is 6.26 Å². The molecule has 0 radical (unpaired) electrons. The lowest BCUT2D eigenvalue weighted by Crippen LogP contribution is -2.36. The minimum absolute atomic E-state index is 0.490. The molecule has 1 aromatic rings. The smallest absolute Gasteiger partial charge is 0.0950 e. The normalized spacial score (nSPS) is 35.1. The fourth-order valence-electron chi connectivity index (χ4n) is 3.74. The molecule has 0 saturated carbocycles. The fraction of sp³-hybridized carbons (Fsp3) is 0.714. The van der Waals surface area contributed by atoms with E-state index in [-0.39, 0.29) is 0 Å². The molecule has 17 heavy (non-hydrogen) atoms. The largest absolute Gasteiger partial charge is 0.472 e. The monoisotopic (exact) mass is 234 g/mol. The van der Waals surface area contributed by atoms with Crippen molar-refractivity contribution < 1.29 is 4.42 Å². The molecule has 0 aromatic carbocycles. The van der Waals surface area contributed by atoms with Crippen LogP contribution in [0.15, 0.2) is 23.0 Å². The first kappa shape index (κ1) is 11.3. The molecule has 4 unspecified atom stereocenters. The average Bonchev–Trinajstić information content (AvgIpc) is 3.03. The van der Waals surface area contributed by atoms with E-state index in [9.17, 15) is 0 Å². The molecule has 3 heteroatoms. The van der Waals surface area contributed by atoms with Gasteiger partial charge in [-0.25, -0.2) is 0 Å². The van der Waals surface area contributed by atoms with E-state index in [2.05, 4.69) is 30.1 Å². The molecule has 2 aliphatic heterocycles. The van der Waals surface area contributed by atoms with Crippen molar-refractivity contribution in [1.29, 1.82) is 0 Å². The van der Waals surface area contributed by atoms with Crippen molar-refractivity contribution in [1.82, 2.24) is 10.2 Å². The highest BCUT2D eigenvalue weighted by molar-refractivity contribution is 5.13. The maximum absolute atomic E-state index is 5.22. The highest BCUT2D eigenvalue weighted by Crippen LogP contribution is 2.39. The zero-order chi connectivity index (χ0) is 11.8. The molecule has 0 bridgehead atoms. The van der Waals surface area contributed by atoms with E-state index in [1.54, 1.807) is 6.26 Å². The summed E-state index contributed by atoms with van der Waals surface area (Å²) in [5.41, 5.74) is 1.32. The van der Waals surface area contributed by atoms with Crippen LogP contribution >= 0.6 is 0 Å². The lowest BCUT2D eigenvalue weighted by molar-refractivity contribution is 0.165. The number of nitrogens with one attached hydrogen (secondary N) is 1. The van der Waals surface area contributed by atoms with Gasteiger partial charge in [0.2, 0.25) is 0 Å². The molecule has 2 saturated heterocycles. The summed E-state index contributed by atoms with van der Waals surface area (Å²) in [6, 6.07) is 3.33. The molecule has 1 aromatic heterocycles. The van der Waals surface area contributed by atoms with Gasteiger partial charge in [-0.05, 0) is 44.3 Å². The highest BCUT2D eigenvalue weighted by Gasteiger charge is 2.44. The van der Waals surface area contributed by atoms with E-state index in [4.69, 9.17) is 4.42 Å². The average molecular weight is 234 g/mol. The number of furan rings is 1. The van der Waals surface area contributed by atoms with Crippen molar-refractivity contribution in [3.63, 3.8) is 0 Å². The van der Waals surface area contributed by atoms with Gasteiger partial charge in [0.15, 0.2) is 0 Å². The van der Waals surface area contributed by atoms with Crippen LogP contribution in [0.1, 0.15) is 31.9 Å². The third kappa shape index (κ3) is 1.81. The first-order valence-electron chi connectivity index (χ1n) is 6.79. The van der Waals surface area contributed by atoms with Gasteiger partial charge < -0.3 is 9.73 Å². The molecule has 0 amide bonds. The minimum atomic E-state index is 0.490. The summed E-state index contributed by atoms with van der Waals surface area (Å²) >= 11 is 0. The van der Waals surface area contributed by atoms with Crippen molar-refractivity contribution in [3.8, 4) is 0 Å². The quantitative estimate of drug-likeness (QED) is 0.869. The van der Waals surface area contributed by atoms with Crippen LogP contribution in [0.5, 0.6) is 0 Å². The van der Waals surface area contributed by atoms with Gasteiger partial charge in [-0.15, -0.1) is 0 Å². The number of rotatable bonds is 3. The molecular formula is C14H22N2O. The Hall–Kier alpha value is -0.800. The van der Waals surface area contributed by atoms with Gasteiger partial charge in [0.25, 0.3) is 0 Å². The Morgan fingerprint density at radius 2 is 2.41 bits per heavy atom. The van der Waals surface area contributed by atoms with Crippen molar-refractivity contribution in [2.24, 2.45) is 11.8 Å². The number of likely N-dealkylation sites (tertiary alicyclic amines) is 1. The SMILES string of the molecule is CCC1C2CNCC2CN1C(C)c1ccoc1. The standard InChI is InChI=1S/C14H22N2O/c1-3-14-13-7-15-6-12(13)8-16(14)10(2)11-4-5-17-9-11/h4-5,9-10,12-15H,3,6-8H2,1-2H3. The molecular weight excluding hydrogens is 212 g/mol. The summed E-state index contributed by atoms with van der Waals surface area (Å²) < 4.78 is 5.22. The Bertz CT molecular complexity index is 362. The maximum Gasteiger partial charge on any atom is 0.0950 e. The van der Waals surface area contributed by atoms with Crippen molar-refractivity contribution in [3.05, 3.63) is 24.2 Å². The Balaban J connectivity index is 1.79. The lowest BCUT2D eigenvalue weighted by atomic mass is 9.92. The molecule has 1 N–H and O–H groups in total. The van der Waals surface area contributed by atoms with E-state index >= 15 is 0 Å². The zero-order valence-corrected chi connectivity index (χ0v) is 10.7. The Morgan fingerprint density at radius 3 is 3.12 bits per heavy atom. The van der Waals surface area contributed by atoms with Crippen LogP contribution < -0.4 is 5.32 Å². The van der Waals surface area contributed by atoms with Gasteiger partial charge in [0.05, 0.1) is 12.5 Å². The molecule has 0 spiro atoms. The summed E-state index contributed by atoms with van der Waals surface area (Å²) in [6.07, 6.45) is 4.93. The summed E-state index contributed by atoms with van der Waals surface area (Å²) in [5.74, 6) is 1.71. The Labute approximate surface area is 103 Å². The number of fused-ring (bicyclic) bond motifs is 1. The second-order valence-corrected chi connectivity index (χ2v) is 5.49. The van der Waals surface area contributed by atoms with Crippen molar-refractivity contribution in [2.45, 2.75) is 32.4 Å². The molecule has 2 aliphatic rings. The van der Waals surface area contributed by atoms with Crippen LogP contribution in [0.2, 0.25) is 0 Å². The predicted molar refractivity (Wildman–Crippen MR) is 67.8 cm³/mol. The third-order valence-corrected chi connectivity index (χ3v) is 4.70. The summed E-state index contributed by atoms with van der Waals surface area (Å²) in [7, 11) is 0. The van der Waals surface area contributed by atoms with Gasteiger partial charge >= 0.3 is 0 Å². The van der Waals surface area contributed by atoms with Gasteiger partial charge in [-0.3, -0.25) is 4.90 Å². The molecule has 3 heterocycles. The van der Waals surface area contributed by atoms with Gasteiger partial charge in [0, 0.05) is 24.2 Å². The van der Waals surface area contributed by atoms with Gasteiger partial charge in [0.1, 0.15) is 0 Å². The Kier molecular flexibility index (Phi) is 2.97. The predicted octanol–water partition coefficient (Wildman–Crippen LogP) is 2.27. The summed E-state index contributed by atoms with van der Waals surface area (Å²) in [4.78, 5) is 2.68. The minimum Gasteiger partial charge on any atom is -0.472 e. The van der Waals surface area contributed by atoms with Crippen LogP contribution in [0.4, 0.5) is 0 Å². The van der Waals surface area contributed by atoms with Crippen LogP contribution in [0.25, 0.3) is 0 Å². The molecule has 4 atom stereocenters. The van der Waals surface area contributed by atoms with Gasteiger partial charge in [-0.1, -0.05) is 6.92 Å². The molecule has 2 fully saturated rings. The third-order valence-electron chi connectivity index (χ3n) is 4.70. The molecule has 3 nitrogen and oxygen atoms in total. The first-order chi connectivity index (χ1) is 8.31. The Morgan fingerprint density at radius 1 is 1.53 bits per heavy atom. The second kappa shape index (κ2) is 4.46. The highest BCUT2D eigenvalue weighted by atomic mass is 16.3. The topological polar surface area (TPSA) is 28.4 Å². The maximum atomic E-state index is 5.22. The molecule has 0 aliphatic carbocycles. The van der Waals surface area contributed by atoms with E-state index in [0.29, 0.717) is 6.04 Å².